The van der Waals surface area contributed by atoms with Crippen LogP contribution in [0.4, 0.5) is 0 Å². The second-order valence-corrected chi connectivity index (χ2v) is 7.88. The fraction of sp³-hybridized carbons (Fsp3) is 0.833. The van der Waals surface area contributed by atoms with E-state index in [0.717, 1.165) is 0 Å². The summed E-state index contributed by atoms with van der Waals surface area (Å²) in [5, 5.41) is 2.76. The molecule has 10 heavy (non-hydrogen) atoms. The van der Waals surface area contributed by atoms with Crippen LogP contribution >= 0.6 is 0 Å². The zero-order chi connectivity index (χ0) is 8.20. The number of rotatable bonds is 3. The van der Waals surface area contributed by atoms with Crippen molar-refractivity contribution in [3.8, 4) is 0 Å². The maximum atomic E-state index is 10.6. The summed E-state index contributed by atoms with van der Waals surface area (Å²) in [4.78, 5) is 15.3. The molecule has 0 aromatic carbocycles. The molecule has 0 unspecified atom stereocenters. The third kappa shape index (κ3) is 5.78. The van der Waals surface area contributed by atoms with Crippen molar-refractivity contribution >= 4 is 14.2 Å². The SMILES string of the molecule is CCC(=O)ON[Si](C)(C)C. The van der Waals surface area contributed by atoms with E-state index >= 15 is 0 Å². The van der Waals surface area contributed by atoms with Crippen LogP contribution in [0.5, 0.6) is 0 Å². The molecule has 0 saturated carbocycles. The molecule has 0 aromatic rings. The van der Waals surface area contributed by atoms with Gasteiger partial charge in [-0.05, 0) is 0 Å². The molecule has 0 aliphatic rings. The van der Waals surface area contributed by atoms with E-state index < -0.39 is 8.24 Å². The van der Waals surface area contributed by atoms with Crippen molar-refractivity contribution in [2.75, 3.05) is 0 Å². The molecule has 0 aliphatic carbocycles. The standard InChI is InChI=1S/C6H15NO2Si/c1-5-6(8)9-7-10(2,3)4/h7H,5H2,1-4H3. The highest BCUT2D eigenvalue weighted by Crippen LogP contribution is 1.94. The molecular weight excluding hydrogens is 146 g/mol. The van der Waals surface area contributed by atoms with Gasteiger partial charge in [0.05, 0.1) is 0 Å². The summed E-state index contributed by atoms with van der Waals surface area (Å²) in [5.41, 5.74) is 0. The Balaban J connectivity index is 3.46. The minimum atomic E-state index is -1.43. The predicted molar refractivity (Wildman–Crippen MR) is 42.9 cm³/mol. The van der Waals surface area contributed by atoms with Gasteiger partial charge in [0, 0.05) is 6.42 Å². The van der Waals surface area contributed by atoms with E-state index in [1.165, 1.54) is 0 Å². The molecule has 0 amide bonds. The van der Waals surface area contributed by atoms with Crippen LogP contribution in [-0.2, 0) is 9.63 Å². The van der Waals surface area contributed by atoms with Crippen LogP contribution in [-0.4, -0.2) is 14.2 Å². The van der Waals surface area contributed by atoms with E-state index in [0.29, 0.717) is 6.42 Å². The van der Waals surface area contributed by atoms with Crippen LogP contribution in [0, 0.1) is 0 Å². The molecule has 0 bridgehead atoms. The number of carbonyl (C=O) groups is 1. The Morgan fingerprint density at radius 1 is 1.50 bits per heavy atom. The highest BCUT2D eigenvalue weighted by atomic mass is 28.3. The van der Waals surface area contributed by atoms with Crippen LogP contribution in [0.25, 0.3) is 0 Å². The smallest absolute Gasteiger partial charge is 0.323 e. The lowest BCUT2D eigenvalue weighted by molar-refractivity contribution is -0.147. The van der Waals surface area contributed by atoms with Crippen molar-refractivity contribution in [2.24, 2.45) is 0 Å². The van der Waals surface area contributed by atoms with Gasteiger partial charge in [-0.25, -0.2) is 0 Å². The van der Waals surface area contributed by atoms with Gasteiger partial charge < -0.3 is 4.84 Å². The molecule has 0 atom stereocenters. The van der Waals surface area contributed by atoms with Gasteiger partial charge >= 0.3 is 5.97 Å². The maximum absolute atomic E-state index is 10.6. The minimum Gasteiger partial charge on any atom is -0.378 e. The van der Waals surface area contributed by atoms with Crippen LogP contribution in [0.2, 0.25) is 19.6 Å². The van der Waals surface area contributed by atoms with Crippen LogP contribution in [0.15, 0.2) is 0 Å². The highest BCUT2D eigenvalue weighted by Gasteiger charge is 2.14. The molecule has 0 aliphatic heterocycles. The van der Waals surface area contributed by atoms with Gasteiger partial charge in [-0.1, -0.05) is 26.6 Å². The van der Waals surface area contributed by atoms with Crippen molar-refractivity contribution in [2.45, 2.75) is 33.0 Å². The molecule has 0 saturated heterocycles. The van der Waals surface area contributed by atoms with Crippen LogP contribution in [0.1, 0.15) is 13.3 Å². The lowest BCUT2D eigenvalue weighted by Crippen LogP contribution is -2.42. The lowest BCUT2D eigenvalue weighted by atomic mass is 10.5. The van der Waals surface area contributed by atoms with Crippen molar-refractivity contribution in [3.05, 3.63) is 0 Å². The Morgan fingerprint density at radius 3 is 2.30 bits per heavy atom. The second-order valence-electron chi connectivity index (χ2n) is 3.18. The van der Waals surface area contributed by atoms with Gasteiger partial charge in [-0.3, -0.25) is 4.79 Å². The Morgan fingerprint density at radius 2 is 2.00 bits per heavy atom. The molecule has 0 radical (unpaired) electrons. The van der Waals surface area contributed by atoms with Crippen LogP contribution in [0.3, 0.4) is 0 Å². The van der Waals surface area contributed by atoms with E-state index in [-0.39, 0.29) is 5.97 Å². The Kier molecular flexibility index (Phi) is 3.60. The summed E-state index contributed by atoms with van der Waals surface area (Å²) in [7, 11) is -1.43. The summed E-state index contributed by atoms with van der Waals surface area (Å²) in [6.07, 6.45) is 0.428. The molecule has 1 N–H and O–H groups in total. The molecule has 4 heteroatoms. The minimum absolute atomic E-state index is 0.192. The van der Waals surface area contributed by atoms with E-state index in [9.17, 15) is 4.79 Å². The molecule has 3 nitrogen and oxygen atoms in total. The third-order valence-corrected chi connectivity index (χ3v) is 1.47. The van der Waals surface area contributed by atoms with E-state index in [4.69, 9.17) is 4.84 Å². The molecule has 0 rings (SSSR count). The monoisotopic (exact) mass is 161 g/mol. The first-order chi connectivity index (χ1) is 4.45. The average molecular weight is 161 g/mol. The van der Waals surface area contributed by atoms with Crippen molar-refractivity contribution in [1.29, 1.82) is 0 Å². The van der Waals surface area contributed by atoms with Gasteiger partial charge in [0.1, 0.15) is 0 Å². The van der Waals surface area contributed by atoms with Gasteiger partial charge in [0.2, 0.25) is 0 Å². The largest absolute Gasteiger partial charge is 0.378 e. The van der Waals surface area contributed by atoms with Gasteiger partial charge in [-0.2, -0.15) is 5.15 Å². The fourth-order valence-electron chi connectivity index (χ4n) is 0.282. The van der Waals surface area contributed by atoms with E-state index in [2.05, 4.69) is 24.8 Å². The summed E-state index contributed by atoms with van der Waals surface area (Å²) < 4.78 is 0. The normalized spacial score (nSPS) is 11.2. The number of hydrogen-bond donors (Lipinski definition) is 1. The highest BCUT2D eigenvalue weighted by molar-refractivity contribution is 6.73. The first kappa shape index (κ1) is 9.65. The quantitative estimate of drug-likeness (QED) is 0.500. The number of carbonyl (C=O) groups excluding carboxylic acids is 1. The molecule has 0 aromatic heterocycles. The zero-order valence-electron chi connectivity index (χ0n) is 7.02. The van der Waals surface area contributed by atoms with Gasteiger partial charge in [0.15, 0.2) is 8.24 Å². The topological polar surface area (TPSA) is 38.3 Å². The zero-order valence-corrected chi connectivity index (χ0v) is 8.02. The molecule has 60 valence electrons. The number of nitrogens with one attached hydrogen (secondary N) is 1. The average Bonchev–Trinajstić information content (AvgIpc) is 1.81. The van der Waals surface area contributed by atoms with Gasteiger partial charge in [-0.15, -0.1) is 0 Å². The summed E-state index contributed by atoms with van der Waals surface area (Å²) in [6, 6.07) is 0. The summed E-state index contributed by atoms with van der Waals surface area (Å²) >= 11 is 0. The predicted octanol–water partition coefficient (Wildman–Crippen LogP) is 1.28. The molecular formula is C6H15NO2Si. The van der Waals surface area contributed by atoms with Crippen molar-refractivity contribution in [3.63, 3.8) is 0 Å². The Bertz CT molecular complexity index is 119. The Hall–Kier alpha value is -0.353. The van der Waals surface area contributed by atoms with E-state index in [1.807, 2.05) is 0 Å². The van der Waals surface area contributed by atoms with E-state index in [1.54, 1.807) is 6.92 Å². The summed E-state index contributed by atoms with van der Waals surface area (Å²) in [5.74, 6) is -0.192. The van der Waals surface area contributed by atoms with Gasteiger partial charge in [0.25, 0.3) is 0 Å². The second kappa shape index (κ2) is 3.73. The number of hydrogen-bond acceptors (Lipinski definition) is 3. The van der Waals surface area contributed by atoms with Crippen LogP contribution < -0.4 is 5.15 Å². The van der Waals surface area contributed by atoms with Crippen molar-refractivity contribution < 1.29 is 9.63 Å². The Labute approximate surface area is 62.8 Å². The molecule has 0 spiro atoms. The first-order valence-corrected chi connectivity index (χ1v) is 6.92. The molecule has 0 fully saturated rings. The first-order valence-electron chi connectivity index (χ1n) is 3.42. The fourth-order valence-corrected chi connectivity index (χ4v) is 0.702. The summed E-state index contributed by atoms with van der Waals surface area (Å²) in [6.45, 7) is 7.97. The molecule has 0 heterocycles. The third-order valence-electron chi connectivity index (χ3n) is 0.760. The van der Waals surface area contributed by atoms with Crippen molar-refractivity contribution in [1.82, 2.24) is 5.15 Å². The lowest BCUT2D eigenvalue weighted by Gasteiger charge is -2.16. The maximum Gasteiger partial charge on any atom is 0.323 e.